The summed E-state index contributed by atoms with van der Waals surface area (Å²) in [6.07, 6.45) is 8.87. The first-order valence-electron chi connectivity index (χ1n) is 5.04. The van der Waals surface area contributed by atoms with Gasteiger partial charge in [0.2, 0.25) is 0 Å². The van der Waals surface area contributed by atoms with E-state index < -0.39 is 0 Å². The lowest BCUT2D eigenvalue weighted by atomic mass is 10.3. The van der Waals surface area contributed by atoms with Crippen LogP contribution < -0.4 is 0 Å². The zero-order valence-electron chi connectivity index (χ0n) is 9.26. The van der Waals surface area contributed by atoms with Crippen LogP contribution in [-0.4, -0.2) is 36.7 Å². The van der Waals surface area contributed by atoms with Gasteiger partial charge in [0.05, 0.1) is 6.10 Å². The van der Waals surface area contributed by atoms with Crippen molar-refractivity contribution in [3.8, 4) is 0 Å². The fourth-order valence-electron chi connectivity index (χ4n) is 1.34. The molecule has 0 spiro atoms. The van der Waals surface area contributed by atoms with E-state index in [0.29, 0.717) is 12.2 Å². The molecular formula is C12H20ClNO. The molecule has 1 aliphatic rings. The largest absolute Gasteiger partial charge is 0.365 e. The molecule has 0 amide bonds. The van der Waals surface area contributed by atoms with Gasteiger partial charge in [0.1, 0.15) is 6.10 Å². The second-order valence-electron chi connectivity index (χ2n) is 3.53. The second-order valence-corrected chi connectivity index (χ2v) is 3.53. The molecule has 0 aromatic heterocycles. The van der Waals surface area contributed by atoms with Crippen LogP contribution >= 0.6 is 12.4 Å². The summed E-state index contributed by atoms with van der Waals surface area (Å²) in [6.45, 7) is 12.3. The molecule has 2 atom stereocenters. The minimum Gasteiger partial charge on any atom is -0.365 e. The lowest BCUT2D eigenvalue weighted by molar-refractivity contribution is 0.371. The van der Waals surface area contributed by atoms with Crippen LogP contribution in [0.1, 0.15) is 6.92 Å². The van der Waals surface area contributed by atoms with Crippen LogP contribution in [-0.2, 0) is 4.74 Å². The van der Waals surface area contributed by atoms with Crippen molar-refractivity contribution < 1.29 is 4.74 Å². The first-order valence-corrected chi connectivity index (χ1v) is 5.04. The van der Waals surface area contributed by atoms with Gasteiger partial charge in [0.25, 0.3) is 0 Å². The SMILES string of the molecule is C=CCN(CC=C)CC=CC1OC1C.Cl. The first-order chi connectivity index (χ1) is 6.77. The molecule has 1 heterocycles. The summed E-state index contributed by atoms with van der Waals surface area (Å²) >= 11 is 0. The summed E-state index contributed by atoms with van der Waals surface area (Å²) in [6, 6.07) is 0. The van der Waals surface area contributed by atoms with Gasteiger partial charge in [0, 0.05) is 19.6 Å². The zero-order valence-corrected chi connectivity index (χ0v) is 10.1. The number of nitrogens with zero attached hydrogens (tertiary/aromatic N) is 1. The molecule has 0 N–H and O–H groups in total. The van der Waals surface area contributed by atoms with Crippen molar-refractivity contribution in [2.24, 2.45) is 0 Å². The molecule has 2 unspecified atom stereocenters. The van der Waals surface area contributed by atoms with E-state index in [1.54, 1.807) is 0 Å². The van der Waals surface area contributed by atoms with Crippen LogP contribution in [0.5, 0.6) is 0 Å². The minimum atomic E-state index is 0. The summed E-state index contributed by atoms with van der Waals surface area (Å²) in [4.78, 5) is 2.25. The maximum absolute atomic E-state index is 5.27. The average Bonchev–Trinajstić information content (AvgIpc) is 2.83. The molecule has 3 heteroatoms. The normalized spacial score (nSPS) is 23.9. The van der Waals surface area contributed by atoms with Crippen LogP contribution in [0.15, 0.2) is 37.5 Å². The predicted octanol–water partition coefficient (Wildman–Crippen LogP) is 2.43. The van der Waals surface area contributed by atoms with Crippen LogP contribution in [0.25, 0.3) is 0 Å². The van der Waals surface area contributed by atoms with Crippen molar-refractivity contribution in [3.05, 3.63) is 37.5 Å². The third-order valence-electron chi connectivity index (χ3n) is 2.22. The first kappa shape index (κ1) is 14.4. The van der Waals surface area contributed by atoms with Crippen LogP contribution in [0.4, 0.5) is 0 Å². The van der Waals surface area contributed by atoms with E-state index in [2.05, 4.69) is 37.1 Å². The van der Waals surface area contributed by atoms with Crippen molar-refractivity contribution >= 4 is 12.4 Å². The number of halogens is 1. The van der Waals surface area contributed by atoms with Gasteiger partial charge in [-0.2, -0.15) is 0 Å². The third-order valence-corrected chi connectivity index (χ3v) is 2.22. The molecular weight excluding hydrogens is 210 g/mol. The van der Waals surface area contributed by atoms with Crippen molar-refractivity contribution in [1.29, 1.82) is 0 Å². The topological polar surface area (TPSA) is 15.8 Å². The molecule has 0 aromatic rings. The molecule has 0 aromatic carbocycles. The van der Waals surface area contributed by atoms with E-state index in [1.807, 2.05) is 12.2 Å². The Morgan fingerprint density at radius 2 is 1.73 bits per heavy atom. The predicted molar refractivity (Wildman–Crippen MR) is 67.6 cm³/mol. The van der Waals surface area contributed by atoms with E-state index in [-0.39, 0.29) is 12.4 Å². The maximum atomic E-state index is 5.27. The summed E-state index contributed by atoms with van der Waals surface area (Å²) in [5.74, 6) is 0. The van der Waals surface area contributed by atoms with E-state index in [0.717, 1.165) is 19.6 Å². The molecule has 0 saturated carbocycles. The van der Waals surface area contributed by atoms with Gasteiger partial charge in [-0.05, 0) is 6.92 Å². The Kier molecular flexibility index (Phi) is 7.39. The lowest BCUT2D eigenvalue weighted by Gasteiger charge is -2.15. The van der Waals surface area contributed by atoms with Crippen LogP contribution in [0.3, 0.4) is 0 Å². The van der Waals surface area contributed by atoms with Crippen molar-refractivity contribution in [2.75, 3.05) is 19.6 Å². The van der Waals surface area contributed by atoms with Gasteiger partial charge < -0.3 is 4.74 Å². The molecule has 0 radical (unpaired) electrons. The van der Waals surface area contributed by atoms with Gasteiger partial charge in [-0.25, -0.2) is 0 Å². The summed E-state index contributed by atoms with van der Waals surface area (Å²) in [5, 5.41) is 0. The summed E-state index contributed by atoms with van der Waals surface area (Å²) in [7, 11) is 0. The van der Waals surface area contributed by atoms with E-state index in [4.69, 9.17) is 4.74 Å². The molecule has 86 valence electrons. The molecule has 1 rings (SSSR count). The van der Waals surface area contributed by atoms with Crippen LogP contribution in [0.2, 0.25) is 0 Å². The van der Waals surface area contributed by atoms with Crippen molar-refractivity contribution in [3.63, 3.8) is 0 Å². The Morgan fingerprint density at radius 1 is 1.20 bits per heavy atom. The average molecular weight is 230 g/mol. The number of epoxide rings is 1. The maximum Gasteiger partial charge on any atom is 0.102 e. The summed E-state index contributed by atoms with van der Waals surface area (Å²) < 4.78 is 5.27. The fraction of sp³-hybridized carbons (Fsp3) is 0.500. The van der Waals surface area contributed by atoms with Gasteiger partial charge in [0.15, 0.2) is 0 Å². The van der Waals surface area contributed by atoms with Gasteiger partial charge in [-0.3, -0.25) is 4.90 Å². The Bertz CT molecular complexity index is 218. The van der Waals surface area contributed by atoms with E-state index in [9.17, 15) is 0 Å². The zero-order chi connectivity index (χ0) is 10.4. The highest BCUT2D eigenvalue weighted by molar-refractivity contribution is 5.85. The highest BCUT2D eigenvalue weighted by Gasteiger charge is 2.30. The van der Waals surface area contributed by atoms with E-state index >= 15 is 0 Å². The van der Waals surface area contributed by atoms with Gasteiger partial charge >= 0.3 is 0 Å². The highest BCUT2D eigenvalue weighted by atomic mass is 35.5. The quantitative estimate of drug-likeness (QED) is 0.492. The summed E-state index contributed by atoms with van der Waals surface area (Å²) in [5.41, 5.74) is 0. The lowest BCUT2D eigenvalue weighted by Crippen LogP contribution is -2.23. The number of hydrogen-bond acceptors (Lipinski definition) is 2. The molecule has 1 fully saturated rings. The number of rotatable bonds is 7. The number of hydrogen-bond donors (Lipinski definition) is 0. The van der Waals surface area contributed by atoms with E-state index in [1.165, 1.54) is 0 Å². The van der Waals surface area contributed by atoms with Gasteiger partial charge in [-0.1, -0.05) is 24.3 Å². The molecule has 1 saturated heterocycles. The second kappa shape index (κ2) is 7.69. The Hall–Kier alpha value is -0.570. The van der Waals surface area contributed by atoms with Gasteiger partial charge in [-0.15, -0.1) is 25.6 Å². The molecule has 0 aliphatic carbocycles. The third kappa shape index (κ3) is 5.78. The molecule has 1 aliphatic heterocycles. The Labute approximate surface area is 98.7 Å². The Morgan fingerprint density at radius 3 is 2.13 bits per heavy atom. The van der Waals surface area contributed by atoms with Crippen molar-refractivity contribution in [1.82, 2.24) is 4.90 Å². The smallest absolute Gasteiger partial charge is 0.102 e. The molecule has 2 nitrogen and oxygen atoms in total. The highest BCUT2D eigenvalue weighted by Crippen LogP contribution is 2.21. The monoisotopic (exact) mass is 229 g/mol. The minimum absolute atomic E-state index is 0. The number of ether oxygens (including phenoxy) is 1. The fourth-order valence-corrected chi connectivity index (χ4v) is 1.34. The standard InChI is InChI=1S/C12H19NO.ClH/c1-4-8-13(9-5-2)10-6-7-12-11(3)14-12;/h4-7,11-12H,1-2,8-10H2,3H3;1H. The molecule has 0 bridgehead atoms. The molecule has 15 heavy (non-hydrogen) atoms. The van der Waals surface area contributed by atoms with Crippen molar-refractivity contribution in [2.45, 2.75) is 19.1 Å². The van der Waals surface area contributed by atoms with Crippen LogP contribution in [0, 0.1) is 0 Å². The Balaban J connectivity index is 0.00000196.